The number of carbonyl (C=O) groups is 3. The zero-order valence-electron chi connectivity index (χ0n) is 17.7. The van der Waals surface area contributed by atoms with Crippen LogP contribution in [0.2, 0.25) is 0 Å². The van der Waals surface area contributed by atoms with Gasteiger partial charge in [-0.15, -0.1) is 11.3 Å². The standard InChI is InChI=1S/C21H23N3O6S/c1-11(12-8-9-14(28-2)15(10-12)29-3)23-24-19(26)18(25)22-20-17(21(27)30-4)13-6-5-7-16(13)31-20/h8-10H,5-7H2,1-4H3,(H,22,25)(H,24,26)/b23-11+. The van der Waals surface area contributed by atoms with Gasteiger partial charge in [-0.05, 0) is 49.9 Å². The smallest absolute Gasteiger partial charge is 0.341 e. The number of fused-ring (bicyclic) bond motifs is 1. The van der Waals surface area contributed by atoms with E-state index in [0.29, 0.717) is 33.3 Å². The van der Waals surface area contributed by atoms with Gasteiger partial charge in [-0.2, -0.15) is 5.10 Å². The molecule has 3 rings (SSSR count). The number of carbonyl (C=O) groups excluding carboxylic acids is 3. The topological polar surface area (TPSA) is 115 Å². The molecular weight excluding hydrogens is 422 g/mol. The minimum Gasteiger partial charge on any atom is -0.493 e. The third kappa shape index (κ3) is 4.69. The van der Waals surface area contributed by atoms with Crippen molar-refractivity contribution in [2.24, 2.45) is 5.10 Å². The van der Waals surface area contributed by atoms with E-state index < -0.39 is 17.8 Å². The van der Waals surface area contributed by atoms with Gasteiger partial charge in [0.1, 0.15) is 5.00 Å². The Balaban J connectivity index is 1.70. The van der Waals surface area contributed by atoms with Crippen molar-refractivity contribution in [3.8, 4) is 11.5 Å². The molecule has 0 radical (unpaired) electrons. The molecule has 0 fully saturated rings. The molecule has 0 aliphatic heterocycles. The van der Waals surface area contributed by atoms with Gasteiger partial charge < -0.3 is 19.5 Å². The van der Waals surface area contributed by atoms with Crippen molar-refractivity contribution in [1.29, 1.82) is 0 Å². The van der Waals surface area contributed by atoms with Gasteiger partial charge in [-0.3, -0.25) is 9.59 Å². The number of hydrazone groups is 1. The number of rotatable bonds is 6. The molecule has 1 heterocycles. The largest absolute Gasteiger partial charge is 0.493 e. The molecule has 0 saturated carbocycles. The number of benzene rings is 1. The van der Waals surface area contributed by atoms with Crippen molar-refractivity contribution in [2.45, 2.75) is 26.2 Å². The lowest BCUT2D eigenvalue weighted by molar-refractivity contribution is -0.136. The number of hydrogen-bond donors (Lipinski definition) is 2. The lowest BCUT2D eigenvalue weighted by Gasteiger charge is -2.09. The van der Waals surface area contributed by atoms with Crippen LogP contribution in [0.15, 0.2) is 23.3 Å². The Morgan fingerprint density at radius 3 is 2.45 bits per heavy atom. The summed E-state index contributed by atoms with van der Waals surface area (Å²) in [5, 5.41) is 6.81. The SMILES string of the molecule is COC(=O)c1c(NC(=O)C(=O)N/N=C(\C)c2ccc(OC)c(OC)c2)sc2c1CCC2. The van der Waals surface area contributed by atoms with E-state index in [9.17, 15) is 14.4 Å². The van der Waals surface area contributed by atoms with Crippen LogP contribution in [0.25, 0.3) is 0 Å². The van der Waals surface area contributed by atoms with Crippen molar-refractivity contribution < 1.29 is 28.6 Å². The monoisotopic (exact) mass is 445 g/mol. The number of hydrogen-bond acceptors (Lipinski definition) is 8. The molecule has 0 atom stereocenters. The number of amides is 2. The molecular formula is C21H23N3O6S. The predicted molar refractivity (Wildman–Crippen MR) is 116 cm³/mol. The van der Waals surface area contributed by atoms with Gasteiger partial charge in [-0.1, -0.05) is 0 Å². The van der Waals surface area contributed by atoms with Crippen LogP contribution in [0.3, 0.4) is 0 Å². The van der Waals surface area contributed by atoms with Crippen molar-refractivity contribution in [1.82, 2.24) is 5.43 Å². The number of thiophene rings is 1. The summed E-state index contributed by atoms with van der Waals surface area (Å²) in [5.74, 6) is -1.33. The average molecular weight is 445 g/mol. The van der Waals surface area contributed by atoms with Crippen molar-refractivity contribution in [2.75, 3.05) is 26.6 Å². The van der Waals surface area contributed by atoms with Crippen LogP contribution < -0.4 is 20.2 Å². The Bertz CT molecular complexity index is 1060. The van der Waals surface area contributed by atoms with Gasteiger partial charge in [-0.25, -0.2) is 10.2 Å². The molecule has 9 nitrogen and oxygen atoms in total. The number of nitrogens with one attached hydrogen (secondary N) is 2. The summed E-state index contributed by atoms with van der Waals surface area (Å²) in [7, 11) is 4.33. The zero-order valence-corrected chi connectivity index (χ0v) is 18.5. The van der Waals surface area contributed by atoms with Crippen molar-refractivity contribution in [3.63, 3.8) is 0 Å². The highest BCUT2D eigenvalue weighted by molar-refractivity contribution is 7.17. The average Bonchev–Trinajstić information content (AvgIpc) is 3.36. The first-order valence-electron chi connectivity index (χ1n) is 9.50. The molecule has 1 aromatic carbocycles. The van der Waals surface area contributed by atoms with Crippen LogP contribution in [-0.2, 0) is 27.2 Å². The Morgan fingerprint density at radius 2 is 1.77 bits per heavy atom. The maximum absolute atomic E-state index is 12.4. The molecule has 0 unspecified atom stereocenters. The first-order valence-corrected chi connectivity index (χ1v) is 10.3. The van der Waals surface area contributed by atoms with Crippen LogP contribution in [0.5, 0.6) is 11.5 Å². The molecule has 0 bridgehead atoms. The number of anilines is 1. The van der Waals surface area contributed by atoms with Gasteiger partial charge in [0.25, 0.3) is 0 Å². The van der Waals surface area contributed by atoms with E-state index in [4.69, 9.17) is 14.2 Å². The van der Waals surface area contributed by atoms with E-state index in [0.717, 1.165) is 29.7 Å². The van der Waals surface area contributed by atoms with E-state index >= 15 is 0 Å². The Kier molecular flexibility index (Phi) is 6.91. The first-order chi connectivity index (χ1) is 14.9. The summed E-state index contributed by atoms with van der Waals surface area (Å²) < 4.78 is 15.3. The van der Waals surface area contributed by atoms with Gasteiger partial charge in [0, 0.05) is 10.4 Å². The number of aryl methyl sites for hydroxylation is 1. The molecule has 1 aliphatic rings. The highest BCUT2D eigenvalue weighted by Gasteiger charge is 2.29. The van der Waals surface area contributed by atoms with Crippen LogP contribution >= 0.6 is 11.3 Å². The zero-order chi connectivity index (χ0) is 22.5. The van der Waals surface area contributed by atoms with Crippen molar-refractivity contribution >= 4 is 39.8 Å². The fraction of sp³-hybridized carbons (Fsp3) is 0.333. The summed E-state index contributed by atoms with van der Waals surface area (Å²) in [6.45, 7) is 1.68. The third-order valence-corrected chi connectivity index (χ3v) is 6.08. The summed E-state index contributed by atoms with van der Waals surface area (Å²) in [5.41, 5.74) is 4.59. The maximum atomic E-state index is 12.4. The fourth-order valence-electron chi connectivity index (χ4n) is 3.28. The fourth-order valence-corrected chi connectivity index (χ4v) is 4.55. The number of ether oxygens (including phenoxy) is 3. The number of esters is 1. The van der Waals surface area contributed by atoms with E-state index in [1.807, 2.05) is 0 Å². The number of methoxy groups -OCH3 is 3. The lowest BCUT2D eigenvalue weighted by atomic mass is 10.1. The van der Waals surface area contributed by atoms with Gasteiger partial charge in [0.05, 0.1) is 32.6 Å². The highest BCUT2D eigenvalue weighted by atomic mass is 32.1. The van der Waals surface area contributed by atoms with Crippen LogP contribution in [-0.4, -0.2) is 44.8 Å². The minimum atomic E-state index is -0.954. The first kappa shape index (κ1) is 22.3. The van der Waals surface area contributed by atoms with E-state index in [1.54, 1.807) is 25.1 Å². The molecule has 0 spiro atoms. The van der Waals surface area contributed by atoms with Gasteiger partial charge in [0.2, 0.25) is 0 Å². The second-order valence-electron chi connectivity index (χ2n) is 6.72. The van der Waals surface area contributed by atoms with Crippen molar-refractivity contribution in [3.05, 3.63) is 39.8 Å². The second-order valence-corrected chi connectivity index (χ2v) is 7.82. The highest BCUT2D eigenvalue weighted by Crippen LogP contribution is 2.39. The van der Waals surface area contributed by atoms with Gasteiger partial charge in [0.15, 0.2) is 11.5 Å². The normalized spacial score (nSPS) is 12.7. The molecule has 31 heavy (non-hydrogen) atoms. The van der Waals surface area contributed by atoms with Gasteiger partial charge >= 0.3 is 17.8 Å². The predicted octanol–water partition coefficient (Wildman–Crippen LogP) is 2.52. The molecule has 1 aliphatic carbocycles. The molecule has 2 amide bonds. The molecule has 2 N–H and O–H groups in total. The molecule has 10 heteroatoms. The van der Waals surface area contributed by atoms with E-state index in [1.165, 1.54) is 32.7 Å². The summed E-state index contributed by atoms with van der Waals surface area (Å²) >= 11 is 1.29. The van der Waals surface area contributed by atoms with E-state index in [-0.39, 0.29) is 0 Å². The molecule has 0 saturated heterocycles. The summed E-state index contributed by atoms with van der Waals surface area (Å²) in [4.78, 5) is 37.8. The maximum Gasteiger partial charge on any atom is 0.341 e. The van der Waals surface area contributed by atoms with Crippen LogP contribution in [0.4, 0.5) is 5.00 Å². The second kappa shape index (κ2) is 9.61. The molecule has 164 valence electrons. The summed E-state index contributed by atoms with van der Waals surface area (Å²) in [6.07, 6.45) is 2.53. The summed E-state index contributed by atoms with van der Waals surface area (Å²) in [6, 6.07) is 5.17. The Hall–Kier alpha value is -3.40. The molecule has 2 aromatic rings. The van der Waals surface area contributed by atoms with Crippen LogP contribution in [0, 0.1) is 0 Å². The minimum absolute atomic E-state index is 0.317. The quantitative estimate of drug-likeness (QED) is 0.306. The Labute approximate surface area is 183 Å². The van der Waals surface area contributed by atoms with Crippen LogP contribution in [0.1, 0.15) is 39.7 Å². The molecule has 1 aromatic heterocycles. The number of nitrogens with zero attached hydrogens (tertiary/aromatic N) is 1. The van der Waals surface area contributed by atoms with E-state index in [2.05, 4.69) is 15.8 Å². The third-order valence-electron chi connectivity index (χ3n) is 4.87. The lowest BCUT2D eigenvalue weighted by Crippen LogP contribution is -2.33. The Morgan fingerprint density at radius 1 is 1.03 bits per heavy atom.